The molecule has 0 aromatic heterocycles. The van der Waals surface area contributed by atoms with Crippen LogP contribution >= 0.6 is 0 Å². The number of methoxy groups -OCH3 is 1. The SMILES string of the molecule is COCCN1CCC[C@@H]1c1ccc2c(c1)OCO2. The predicted octanol–water partition coefficient (Wildman–Crippen LogP) is 2.20. The first-order chi connectivity index (χ1) is 8.88. The van der Waals surface area contributed by atoms with E-state index in [0.29, 0.717) is 12.8 Å². The van der Waals surface area contributed by atoms with Gasteiger partial charge in [0.2, 0.25) is 6.79 Å². The molecule has 2 aliphatic heterocycles. The Morgan fingerprint density at radius 1 is 1.33 bits per heavy atom. The van der Waals surface area contributed by atoms with Gasteiger partial charge >= 0.3 is 0 Å². The lowest BCUT2D eigenvalue weighted by Gasteiger charge is -2.24. The highest BCUT2D eigenvalue weighted by atomic mass is 16.7. The number of likely N-dealkylation sites (tertiary alicyclic amines) is 1. The van der Waals surface area contributed by atoms with Gasteiger partial charge in [-0.2, -0.15) is 0 Å². The molecule has 0 amide bonds. The summed E-state index contributed by atoms with van der Waals surface area (Å²) in [4.78, 5) is 2.49. The number of nitrogens with zero attached hydrogens (tertiary/aromatic N) is 1. The molecule has 0 bridgehead atoms. The van der Waals surface area contributed by atoms with Crippen LogP contribution in [0.4, 0.5) is 0 Å². The zero-order chi connectivity index (χ0) is 12.4. The van der Waals surface area contributed by atoms with Crippen LogP contribution in [-0.4, -0.2) is 38.5 Å². The zero-order valence-electron chi connectivity index (χ0n) is 10.7. The first-order valence-corrected chi connectivity index (χ1v) is 6.51. The maximum Gasteiger partial charge on any atom is 0.231 e. The summed E-state index contributed by atoms with van der Waals surface area (Å²) < 4.78 is 16.0. The fourth-order valence-electron chi connectivity index (χ4n) is 2.80. The Morgan fingerprint density at radius 2 is 2.22 bits per heavy atom. The lowest BCUT2D eigenvalue weighted by Crippen LogP contribution is -2.26. The fraction of sp³-hybridized carbons (Fsp3) is 0.571. The monoisotopic (exact) mass is 249 g/mol. The molecule has 18 heavy (non-hydrogen) atoms. The second-order valence-corrected chi connectivity index (χ2v) is 4.80. The molecule has 4 nitrogen and oxygen atoms in total. The maximum absolute atomic E-state index is 5.45. The van der Waals surface area contributed by atoms with Crippen molar-refractivity contribution >= 4 is 0 Å². The van der Waals surface area contributed by atoms with E-state index in [1.807, 2.05) is 6.07 Å². The van der Waals surface area contributed by atoms with E-state index in [1.54, 1.807) is 7.11 Å². The number of rotatable bonds is 4. The summed E-state index contributed by atoms with van der Waals surface area (Å²) in [6.45, 7) is 3.29. The predicted molar refractivity (Wildman–Crippen MR) is 68.0 cm³/mol. The highest BCUT2D eigenvalue weighted by Crippen LogP contribution is 2.38. The number of hydrogen-bond acceptors (Lipinski definition) is 4. The number of benzene rings is 1. The van der Waals surface area contributed by atoms with Crippen molar-refractivity contribution in [1.29, 1.82) is 0 Å². The molecule has 4 heteroatoms. The molecule has 0 aliphatic carbocycles. The number of fused-ring (bicyclic) bond motifs is 1. The van der Waals surface area contributed by atoms with Crippen LogP contribution in [0.1, 0.15) is 24.4 Å². The molecule has 98 valence electrons. The fourth-order valence-corrected chi connectivity index (χ4v) is 2.80. The Labute approximate surface area is 107 Å². The lowest BCUT2D eigenvalue weighted by molar-refractivity contribution is 0.141. The summed E-state index contributed by atoms with van der Waals surface area (Å²) in [5.41, 5.74) is 1.33. The van der Waals surface area contributed by atoms with Crippen molar-refractivity contribution in [3.8, 4) is 11.5 Å². The van der Waals surface area contributed by atoms with Crippen molar-refractivity contribution in [2.75, 3.05) is 33.6 Å². The molecule has 1 aromatic rings. The average Bonchev–Trinajstić information content (AvgIpc) is 3.03. The van der Waals surface area contributed by atoms with Gasteiger partial charge in [-0.3, -0.25) is 4.90 Å². The maximum atomic E-state index is 5.45. The normalized spacial score (nSPS) is 22.6. The van der Waals surface area contributed by atoms with Crippen molar-refractivity contribution < 1.29 is 14.2 Å². The second-order valence-electron chi connectivity index (χ2n) is 4.80. The van der Waals surface area contributed by atoms with Gasteiger partial charge in [-0.1, -0.05) is 6.07 Å². The molecule has 1 fully saturated rings. The Kier molecular flexibility index (Phi) is 3.39. The Hall–Kier alpha value is -1.26. The minimum absolute atomic E-state index is 0.344. The van der Waals surface area contributed by atoms with E-state index in [-0.39, 0.29) is 0 Å². The molecule has 3 rings (SSSR count). The van der Waals surface area contributed by atoms with Gasteiger partial charge in [-0.15, -0.1) is 0 Å². The number of ether oxygens (including phenoxy) is 3. The first-order valence-electron chi connectivity index (χ1n) is 6.51. The van der Waals surface area contributed by atoms with E-state index in [4.69, 9.17) is 14.2 Å². The van der Waals surface area contributed by atoms with Gasteiger partial charge in [0.15, 0.2) is 11.5 Å². The van der Waals surface area contributed by atoms with Gasteiger partial charge in [0.05, 0.1) is 6.61 Å². The van der Waals surface area contributed by atoms with Gasteiger partial charge in [0.1, 0.15) is 0 Å². The minimum atomic E-state index is 0.344. The summed E-state index contributed by atoms with van der Waals surface area (Å²) in [5, 5.41) is 0. The molecule has 0 spiro atoms. The summed E-state index contributed by atoms with van der Waals surface area (Å²) in [7, 11) is 1.76. The molecule has 0 unspecified atom stereocenters. The van der Waals surface area contributed by atoms with Gasteiger partial charge in [0, 0.05) is 19.7 Å². The summed E-state index contributed by atoms with van der Waals surface area (Å²) >= 11 is 0. The van der Waals surface area contributed by atoms with Gasteiger partial charge in [-0.25, -0.2) is 0 Å². The van der Waals surface area contributed by atoms with E-state index < -0.39 is 0 Å². The molecule has 2 heterocycles. The van der Waals surface area contributed by atoms with E-state index in [9.17, 15) is 0 Å². The highest BCUT2D eigenvalue weighted by Gasteiger charge is 2.27. The van der Waals surface area contributed by atoms with Crippen LogP contribution in [0.25, 0.3) is 0 Å². The first kappa shape index (κ1) is 11.8. The van der Waals surface area contributed by atoms with Gasteiger partial charge in [0.25, 0.3) is 0 Å². The summed E-state index contributed by atoms with van der Waals surface area (Å²) in [6, 6.07) is 6.79. The minimum Gasteiger partial charge on any atom is -0.454 e. The molecule has 0 radical (unpaired) electrons. The second kappa shape index (κ2) is 5.16. The van der Waals surface area contributed by atoms with Gasteiger partial charge in [-0.05, 0) is 37.1 Å². The van der Waals surface area contributed by atoms with Gasteiger partial charge < -0.3 is 14.2 Å². The quantitative estimate of drug-likeness (QED) is 0.818. The largest absolute Gasteiger partial charge is 0.454 e. The van der Waals surface area contributed by atoms with Crippen LogP contribution in [-0.2, 0) is 4.74 Å². The van der Waals surface area contributed by atoms with E-state index in [0.717, 1.165) is 31.2 Å². The van der Waals surface area contributed by atoms with Crippen LogP contribution in [0.5, 0.6) is 11.5 Å². The van der Waals surface area contributed by atoms with E-state index >= 15 is 0 Å². The third-order valence-corrected chi connectivity index (χ3v) is 3.73. The number of hydrogen-bond donors (Lipinski definition) is 0. The Morgan fingerprint density at radius 3 is 3.11 bits per heavy atom. The Balaban J connectivity index is 1.76. The average molecular weight is 249 g/mol. The molecule has 1 atom stereocenters. The van der Waals surface area contributed by atoms with Crippen LogP contribution in [0.3, 0.4) is 0 Å². The molecule has 2 aliphatic rings. The van der Waals surface area contributed by atoms with Crippen molar-refractivity contribution in [3.05, 3.63) is 23.8 Å². The van der Waals surface area contributed by atoms with Crippen molar-refractivity contribution in [3.63, 3.8) is 0 Å². The summed E-state index contributed by atoms with van der Waals surface area (Å²) in [6.07, 6.45) is 2.46. The summed E-state index contributed by atoms with van der Waals surface area (Å²) in [5.74, 6) is 1.74. The topological polar surface area (TPSA) is 30.9 Å². The molecule has 0 N–H and O–H groups in total. The van der Waals surface area contributed by atoms with Crippen molar-refractivity contribution in [1.82, 2.24) is 4.90 Å². The van der Waals surface area contributed by atoms with Crippen LogP contribution < -0.4 is 9.47 Å². The lowest BCUT2D eigenvalue weighted by atomic mass is 10.0. The molecular weight excluding hydrogens is 230 g/mol. The van der Waals surface area contributed by atoms with Crippen LogP contribution in [0, 0.1) is 0 Å². The van der Waals surface area contributed by atoms with E-state index in [1.165, 1.54) is 18.4 Å². The molecule has 0 saturated carbocycles. The smallest absolute Gasteiger partial charge is 0.231 e. The highest BCUT2D eigenvalue weighted by molar-refractivity contribution is 5.45. The van der Waals surface area contributed by atoms with Crippen molar-refractivity contribution in [2.45, 2.75) is 18.9 Å². The molecular formula is C14H19NO3. The van der Waals surface area contributed by atoms with Crippen LogP contribution in [0.2, 0.25) is 0 Å². The third-order valence-electron chi connectivity index (χ3n) is 3.73. The zero-order valence-corrected chi connectivity index (χ0v) is 10.7. The van der Waals surface area contributed by atoms with E-state index in [2.05, 4.69) is 17.0 Å². The third kappa shape index (κ3) is 2.18. The van der Waals surface area contributed by atoms with Crippen molar-refractivity contribution in [2.24, 2.45) is 0 Å². The van der Waals surface area contributed by atoms with Crippen LogP contribution in [0.15, 0.2) is 18.2 Å². The Bertz CT molecular complexity index is 422. The molecule has 1 aromatic carbocycles. The standard InChI is InChI=1S/C14H19NO3/c1-16-8-7-15-6-2-3-12(15)11-4-5-13-14(9-11)18-10-17-13/h4-5,9,12H,2-3,6-8,10H2,1H3/t12-/m1/s1. The molecule has 1 saturated heterocycles.